The smallest absolute Gasteiger partial charge is 0.184 e. The van der Waals surface area contributed by atoms with Crippen molar-refractivity contribution in [3.63, 3.8) is 0 Å². The minimum Gasteiger partial charge on any atom is -0.497 e. The number of hydrogen-bond donors (Lipinski definition) is 2. The zero-order valence-corrected chi connectivity index (χ0v) is 11.9. The number of rotatable bonds is 8. The van der Waals surface area contributed by atoms with Crippen LogP contribution in [0.4, 0.5) is 5.69 Å². The molecule has 0 aromatic heterocycles. The highest BCUT2D eigenvalue weighted by Gasteiger charge is 2.12. The van der Waals surface area contributed by atoms with Crippen molar-refractivity contribution in [1.82, 2.24) is 0 Å². The van der Waals surface area contributed by atoms with Gasteiger partial charge in [0.05, 0.1) is 32.3 Å². The Kier molecular flexibility index (Phi) is 6.44. The quantitative estimate of drug-likeness (QED) is 0.673. The second kappa shape index (κ2) is 7.85. The largest absolute Gasteiger partial charge is 0.497 e. The molecule has 0 fully saturated rings. The van der Waals surface area contributed by atoms with Gasteiger partial charge in [0.2, 0.25) is 0 Å². The first kappa shape index (κ1) is 15.6. The van der Waals surface area contributed by atoms with E-state index in [4.69, 9.17) is 25.1 Å². The predicted octanol–water partition coefficient (Wildman–Crippen LogP) is 0.406. The molecule has 0 saturated heterocycles. The molecule has 1 rings (SSSR count). The van der Waals surface area contributed by atoms with Gasteiger partial charge in [-0.2, -0.15) is 0 Å². The van der Waals surface area contributed by atoms with Gasteiger partial charge in [-0.15, -0.1) is 0 Å². The van der Waals surface area contributed by atoms with Crippen molar-refractivity contribution in [2.45, 2.75) is 0 Å². The average molecular weight is 289 g/mol. The van der Waals surface area contributed by atoms with Crippen molar-refractivity contribution < 1.29 is 23.5 Å². The first-order valence-corrected chi connectivity index (χ1v) is 7.21. The average Bonchev–Trinajstić information content (AvgIpc) is 2.40. The first-order chi connectivity index (χ1) is 9.12. The molecule has 1 unspecified atom stereocenters. The van der Waals surface area contributed by atoms with Gasteiger partial charge in [0.15, 0.2) is 11.5 Å². The van der Waals surface area contributed by atoms with Crippen LogP contribution >= 0.6 is 0 Å². The third-order valence-corrected chi connectivity index (χ3v) is 3.65. The zero-order valence-electron chi connectivity index (χ0n) is 11.0. The maximum atomic E-state index is 11.4. The zero-order chi connectivity index (χ0) is 14.3. The number of benzene rings is 1. The van der Waals surface area contributed by atoms with E-state index in [1.165, 1.54) is 14.2 Å². The molecule has 1 aromatic carbocycles. The van der Waals surface area contributed by atoms with Gasteiger partial charge < -0.3 is 25.1 Å². The van der Waals surface area contributed by atoms with Crippen LogP contribution in [0.1, 0.15) is 0 Å². The maximum absolute atomic E-state index is 11.4. The highest BCUT2D eigenvalue weighted by molar-refractivity contribution is 7.85. The Labute approximate surface area is 114 Å². The topological polar surface area (TPSA) is 91.0 Å². The van der Waals surface area contributed by atoms with E-state index in [9.17, 15) is 4.21 Å². The number of hydrogen-bond acceptors (Lipinski definition) is 6. The van der Waals surface area contributed by atoms with E-state index >= 15 is 0 Å². The highest BCUT2D eigenvalue weighted by atomic mass is 32.2. The third kappa shape index (κ3) is 4.60. The monoisotopic (exact) mass is 289 g/mol. The lowest BCUT2D eigenvalue weighted by Gasteiger charge is -2.14. The molecule has 1 aromatic rings. The maximum Gasteiger partial charge on any atom is 0.184 e. The van der Waals surface area contributed by atoms with Gasteiger partial charge in [-0.3, -0.25) is 4.21 Å². The summed E-state index contributed by atoms with van der Waals surface area (Å²) in [7, 11) is 1.94. The molecule has 1 atom stereocenters. The molecule has 108 valence electrons. The van der Waals surface area contributed by atoms with Crippen LogP contribution < -0.4 is 19.9 Å². The summed E-state index contributed by atoms with van der Waals surface area (Å²) < 4.78 is 27.1. The Bertz CT molecular complexity index is 438. The number of nitrogen functional groups attached to an aromatic ring is 1. The lowest BCUT2D eigenvalue weighted by atomic mass is 10.2. The van der Waals surface area contributed by atoms with Gasteiger partial charge in [0.1, 0.15) is 12.4 Å². The van der Waals surface area contributed by atoms with Crippen LogP contribution in [-0.2, 0) is 10.8 Å². The minimum absolute atomic E-state index is 0.0966. The van der Waals surface area contributed by atoms with Gasteiger partial charge in [-0.05, 0) is 0 Å². The molecule has 6 nitrogen and oxygen atoms in total. The van der Waals surface area contributed by atoms with Crippen LogP contribution in [0.3, 0.4) is 0 Å². The highest BCUT2D eigenvalue weighted by Crippen LogP contribution is 2.37. The van der Waals surface area contributed by atoms with Gasteiger partial charge in [0, 0.05) is 28.7 Å². The van der Waals surface area contributed by atoms with Crippen LogP contribution in [0.5, 0.6) is 17.2 Å². The molecule has 0 spiro atoms. The van der Waals surface area contributed by atoms with Gasteiger partial charge in [0.25, 0.3) is 0 Å². The van der Waals surface area contributed by atoms with Crippen LogP contribution in [-0.4, -0.2) is 48.3 Å². The lowest BCUT2D eigenvalue weighted by molar-refractivity contribution is 0.310. The standard InChI is InChI=1S/C12H19NO5S/c1-16-9-7-10(13)12(11(8-9)17-2)18-4-6-19(15)5-3-14/h7-8,14H,3-6,13H2,1-2H3. The Hall–Kier alpha value is -1.47. The molecular weight excluding hydrogens is 270 g/mol. The van der Waals surface area contributed by atoms with E-state index in [1.807, 2.05) is 0 Å². The summed E-state index contributed by atoms with van der Waals surface area (Å²) in [5, 5.41) is 8.65. The van der Waals surface area contributed by atoms with Crippen molar-refractivity contribution in [3.8, 4) is 17.2 Å². The summed E-state index contributed by atoms with van der Waals surface area (Å²) in [5.74, 6) is 2.02. The van der Waals surface area contributed by atoms with Crippen molar-refractivity contribution in [2.75, 3.05) is 44.7 Å². The van der Waals surface area contributed by atoms with E-state index < -0.39 is 10.8 Å². The normalized spacial score (nSPS) is 11.9. The number of methoxy groups -OCH3 is 2. The Morgan fingerprint density at radius 1 is 1.26 bits per heavy atom. The molecule has 0 heterocycles. The summed E-state index contributed by atoms with van der Waals surface area (Å²) in [6.45, 7) is 0.139. The van der Waals surface area contributed by atoms with E-state index in [2.05, 4.69) is 0 Å². The minimum atomic E-state index is -1.10. The predicted molar refractivity (Wildman–Crippen MR) is 74.4 cm³/mol. The number of nitrogens with two attached hydrogens (primary N) is 1. The number of ether oxygens (including phenoxy) is 3. The fourth-order valence-corrected chi connectivity index (χ4v) is 2.14. The lowest BCUT2D eigenvalue weighted by Crippen LogP contribution is -2.13. The molecule has 0 bridgehead atoms. The molecule has 0 aliphatic rings. The van der Waals surface area contributed by atoms with Gasteiger partial charge in [-0.25, -0.2) is 0 Å². The first-order valence-electron chi connectivity index (χ1n) is 5.72. The van der Waals surface area contributed by atoms with Crippen molar-refractivity contribution in [1.29, 1.82) is 0 Å². The van der Waals surface area contributed by atoms with Crippen molar-refractivity contribution >= 4 is 16.5 Å². The molecule has 19 heavy (non-hydrogen) atoms. The van der Waals surface area contributed by atoms with E-state index in [-0.39, 0.29) is 19.0 Å². The molecule has 0 aliphatic carbocycles. The number of anilines is 1. The van der Waals surface area contributed by atoms with Gasteiger partial charge >= 0.3 is 0 Å². The van der Waals surface area contributed by atoms with Crippen LogP contribution in [0.2, 0.25) is 0 Å². The molecule has 0 amide bonds. The Morgan fingerprint density at radius 3 is 2.58 bits per heavy atom. The second-order valence-electron chi connectivity index (χ2n) is 3.67. The second-order valence-corrected chi connectivity index (χ2v) is 5.36. The van der Waals surface area contributed by atoms with Crippen LogP contribution in [0.15, 0.2) is 12.1 Å². The van der Waals surface area contributed by atoms with E-state index in [0.717, 1.165) is 0 Å². The number of aliphatic hydroxyl groups excluding tert-OH is 1. The summed E-state index contributed by atoms with van der Waals surface area (Å²) in [6, 6.07) is 3.29. The molecule has 7 heteroatoms. The molecular formula is C12H19NO5S. The van der Waals surface area contributed by atoms with Crippen LogP contribution in [0.25, 0.3) is 0 Å². The van der Waals surface area contributed by atoms with E-state index in [1.54, 1.807) is 12.1 Å². The molecule has 0 radical (unpaired) electrons. The summed E-state index contributed by atoms with van der Waals surface area (Å²) in [5.41, 5.74) is 6.24. The van der Waals surface area contributed by atoms with Crippen molar-refractivity contribution in [2.24, 2.45) is 0 Å². The summed E-state index contributed by atoms with van der Waals surface area (Å²) in [4.78, 5) is 0. The van der Waals surface area contributed by atoms with Gasteiger partial charge in [-0.1, -0.05) is 0 Å². The van der Waals surface area contributed by atoms with Crippen LogP contribution in [0, 0.1) is 0 Å². The molecule has 0 aliphatic heterocycles. The third-order valence-electron chi connectivity index (χ3n) is 2.39. The SMILES string of the molecule is COc1cc(N)c(OCCS(=O)CCO)c(OC)c1. The molecule has 3 N–H and O–H groups in total. The van der Waals surface area contributed by atoms with E-state index in [0.29, 0.717) is 28.7 Å². The molecule has 0 saturated carbocycles. The summed E-state index contributed by atoms with van der Waals surface area (Å²) in [6.07, 6.45) is 0. The Balaban J connectivity index is 2.69. The number of aliphatic hydroxyl groups is 1. The summed E-state index contributed by atoms with van der Waals surface area (Å²) >= 11 is 0. The fraction of sp³-hybridized carbons (Fsp3) is 0.500. The Morgan fingerprint density at radius 2 is 2.00 bits per heavy atom. The van der Waals surface area contributed by atoms with Crippen molar-refractivity contribution in [3.05, 3.63) is 12.1 Å². The fourth-order valence-electron chi connectivity index (χ4n) is 1.46.